The molecule has 0 atom stereocenters. The van der Waals surface area contributed by atoms with Gasteiger partial charge in [0.05, 0.1) is 0 Å². The molecule has 0 aliphatic rings. The topological polar surface area (TPSA) is 82.4 Å². The first-order valence-electron chi connectivity index (χ1n) is 4.37. The number of nitrogens with two attached hydrogens (primary N) is 1. The van der Waals surface area contributed by atoms with Crippen LogP contribution in [-0.2, 0) is 7.05 Å². The van der Waals surface area contributed by atoms with Crippen molar-refractivity contribution in [3.8, 4) is 0 Å². The van der Waals surface area contributed by atoms with Crippen LogP contribution in [-0.4, -0.2) is 20.1 Å². The third-order valence-corrected chi connectivity index (χ3v) is 2.31. The van der Waals surface area contributed by atoms with Gasteiger partial charge in [0.15, 0.2) is 5.69 Å². The van der Waals surface area contributed by atoms with Gasteiger partial charge >= 0.3 is 0 Å². The first-order chi connectivity index (χ1) is 7.02. The molecule has 2 aromatic rings. The van der Waals surface area contributed by atoms with E-state index < -0.39 is 5.91 Å². The molecule has 0 radical (unpaired) electrons. The van der Waals surface area contributed by atoms with Crippen LogP contribution < -0.4 is 11.3 Å². The summed E-state index contributed by atoms with van der Waals surface area (Å²) in [6.07, 6.45) is 1.62. The molecule has 6 nitrogen and oxygen atoms in total. The largest absolute Gasteiger partial charge is 0.364 e. The molecule has 0 saturated carbocycles. The lowest BCUT2D eigenvalue weighted by atomic mass is 10.2. The fraction of sp³-hybridized carbons (Fsp3) is 0.222. The minimum Gasteiger partial charge on any atom is -0.364 e. The normalized spacial score (nSPS) is 10.8. The Morgan fingerprint density at radius 3 is 2.73 bits per heavy atom. The van der Waals surface area contributed by atoms with Crippen molar-refractivity contribution in [3.63, 3.8) is 0 Å². The maximum absolute atomic E-state index is 11.5. The van der Waals surface area contributed by atoms with Crippen molar-refractivity contribution in [1.82, 2.24) is 14.2 Å². The Morgan fingerprint density at radius 2 is 2.20 bits per heavy atom. The second kappa shape index (κ2) is 2.94. The van der Waals surface area contributed by atoms with Gasteiger partial charge in [0, 0.05) is 24.9 Å². The number of hydrogen-bond donors (Lipinski definition) is 1. The van der Waals surface area contributed by atoms with E-state index in [1.165, 1.54) is 10.6 Å². The van der Waals surface area contributed by atoms with E-state index in [1.807, 2.05) is 0 Å². The van der Waals surface area contributed by atoms with Crippen LogP contribution in [0.15, 0.2) is 17.1 Å². The summed E-state index contributed by atoms with van der Waals surface area (Å²) in [6, 6.07) is 1.38. The fourth-order valence-electron chi connectivity index (χ4n) is 1.61. The molecule has 0 saturated heterocycles. The van der Waals surface area contributed by atoms with Crippen LogP contribution in [0, 0.1) is 6.92 Å². The van der Waals surface area contributed by atoms with E-state index in [0.717, 1.165) is 0 Å². The lowest BCUT2D eigenvalue weighted by Gasteiger charge is -2.00. The molecule has 0 aliphatic carbocycles. The van der Waals surface area contributed by atoms with Gasteiger partial charge in [-0.2, -0.15) is 9.61 Å². The standard InChI is InChI=1S/C9H10N4O2/c1-5-7(8(10)15)11-13-6(14)3-4-12(2)9(5)13/h3-4H,1-2H3,(H2,10,15). The molecule has 2 heterocycles. The van der Waals surface area contributed by atoms with Gasteiger partial charge in [0.2, 0.25) is 0 Å². The zero-order valence-electron chi connectivity index (χ0n) is 8.39. The Morgan fingerprint density at radius 1 is 1.53 bits per heavy atom. The number of rotatable bonds is 1. The molecule has 0 aromatic carbocycles. The van der Waals surface area contributed by atoms with E-state index in [-0.39, 0.29) is 11.3 Å². The maximum Gasteiger partial charge on any atom is 0.274 e. The number of fused-ring (bicyclic) bond motifs is 1. The molecule has 15 heavy (non-hydrogen) atoms. The highest BCUT2D eigenvalue weighted by molar-refractivity contribution is 5.93. The molecule has 0 spiro atoms. The van der Waals surface area contributed by atoms with Gasteiger partial charge in [-0.3, -0.25) is 9.59 Å². The number of amides is 1. The Kier molecular flexibility index (Phi) is 1.85. The summed E-state index contributed by atoms with van der Waals surface area (Å²) < 4.78 is 2.89. The van der Waals surface area contributed by atoms with Gasteiger partial charge in [-0.05, 0) is 6.92 Å². The van der Waals surface area contributed by atoms with Crippen LogP contribution in [0.25, 0.3) is 5.65 Å². The second-order valence-electron chi connectivity index (χ2n) is 3.34. The SMILES string of the molecule is Cc1c(C(N)=O)nn2c(=O)ccn(C)c12. The number of carbonyl (C=O) groups excluding carboxylic acids is 1. The van der Waals surface area contributed by atoms with Crippen LogP contribution in [0.5, 0.6) is 0 Å². The van der Waals surface area contributed by atoms with Crippen molar-refractivity contribution < 1.29 is 4.79 Å². The lowest BCUT2D eigenvalue weighted by molar-refractivity contribution is 0.0994. The summed E-state index contributed by atoms with van der Waals surface area (Å²) in [5.74, 6) is -0.629. The van der Waals surface area contributed by atoms with Crippen molar-refractivity contribution in [2.45, 2.75) is 6.92 Å². The summed E-state index contributed by atoms with van der Waals surface area (Å²) >= 11 is 0. The molecule has 2 N–H and O–H groups in total. The van der Waals surface area contributed by atoms with Crippen LogP contribution in [0.3, 0.4) is 0 Å². The van der Waals surface area contributed by atoms with Crippen molar-refractivity contribution >= 4 is 11.6 Å². The predicted molar refractivity (Wildman–Crippen MR) is 53.7 cm³/mol. The molecule has 0 aliphatic heterocycles. The highest BCUT2D eigenvalue weighted by Crippen LogP contribution is 2.11. The first-order valence-corrected chi connectivity index (χ1v) is 4.37. The Balaban J connectivity index is 3.00. The minimum atomic E-state index is -0.629. The molecule has 0 bridgehead atoms. The number of nitrogens with zero attached hydrogens (tertiary/aromatic N) is 3. The number of aryl methyl sites for hydroxylation is 2. The summed E-state index contributed by atoms with van der Waals surface area (Å²) in [5.41, 5.74) is 6.20. The van der Waals surface area contributed by atoms with E-state index in [0.29, 0.717) is 11.2 Å². The summed E-state index contributed by atoms with van der Waals surface area (Å²) in [7, 11) is 1.77. The first kappa shape index (κ1) is 9.45. The second-order valence-corrected chi connectivity index (χ2v) is 3.34. The van der Waals surface area contributed by atoms with Crippen molar-refractivity contribution in [3.05, 3.63) is 33.9 Å². The van der Waals surface area contributed by atoms with Crippen LogP contribution in [0.4, 0.5) is 0 Å². The van der Waals surface area contributed by atoms with Crippen LogP contribution in [0.2, 0.25) is 0 Å². The van der Waals surface area contributed by atoms with Crippen molar-refractivity contribution in [2.75, 3.05) is 0 Å². The lowest BCUT2D eigenvalue weighted by Crippen LogP contribution is -2.17. The van der Waals surface area contributed by atoms with Gasteiger partial charge in [-0.15, -0.1) is 0 Å². The summed E-state index contributed by atoms with van der Waals surface area (Å²) in [5, 5.41) is 3.88. The molecule has 78 valence electrons. The Bertz CT molecular complexity index is 608. The average Bonchev–Trinajstić information content (AvgIpc) is 2.51. The molecular weight excluding hydrogens is 196 g/mol. The molecule has 2 aromatic heterocycles. The Hall–Kier alpha value is -2.11. The summed E-state index contributed by atoms with van der Waals surface area (Å²) in [6.45, 7) is 1.71. The predicted octanol–water partition coefficient (Wildman–Crippen LogP) is -0.560. The van der Waals surface area contributed by atoms with E-state index in [2.05, 4.69) is 5.10 Å². The van der Waals surface area contributed by atoms with Crippen LogP contribution in [0.1, 0.15) is 16.1 Å². The van der Waals surface area contributed by atoms with E-state index in [9.17, 15) is 9.59 Å². The smallest absolute Gasteiger partial charge is 0.274 e. The van der Waals surface area contributed by atoms with E-state index in [4.69, 9.17) is 5.73 Å². The highest BCUT2D eigenvalue weighted by atomic mass is 16.1. The monoisotopic (exact) mass is 206 g/mol. The summed E-state index contributed by atoms with van der Waals surface area (Å²) in [4.78, 5) is 22.5. The minimum absolute atomic E-state index is 0.133. The Labute approximate surface area is 84.9 Å². The van der Waals surface area contributed by atoms with Crippen molar-refractivity contribution in [1.29, 1.82) is 0 Å². The third kappa shape index (κ3) is 1.22. The van der Waals surface area contributed by atoms with Gasteiger partial charge in [-0.1, -0.05) is 0 Å². The van der Waals surface area contributed by atoms with Crippen LogP contribution >= 0.6 is 0 Å². The number of primary amides is 1. The fourth-order valence-corrected chi connectivity index (χ4v) is 1.61. The molecule has 0 fully saturated rings. The zero-order valence-corrected chi connectivity index (χ0v) is 8.39. The van der Waals surface area contributed by atoms with Crippen molar-refractivity contribution in [2.24, 2.45) is 12.8 Å². The quantitative estimate of drug-likeness (QED) is 0.679. The molecule has 1 amide bonds. The van der Waals surface area contributed by atoms with Gasteiger partial charge in [0.25, 0.3) is 11.5 Å². The van der Waals surface area contributed by atoms with E-state index in [1.54, 1.807) is 24.7 Å². The number of carbonyl (C=O) groups is 1. The third-order valence-electron chi connectivity index (χ3n) is 2.31. The van der Waals surface area contributed by atoms with Gasteiger partial charge < -0.3 is 10.3 Å². The molecule has 2 rings (SSSR count). The maximum atomic E-state index is 11.5. The zero-order chi connectivity index (χ0) is 11.2. The average molecular weight is 206 g/mol. The van der Waals surface area contributed by atoms with E-state index >= 15 is 0 Å². The molecule has 0 unspecified atom stereocenters. The van der Waals surface area contributed by atoms with Gasteiger partial charge in [0.1, 0.15) is 5.65 Å². The highest BCUT2D eigenvalue weighted by Gasteiger charge is 2.15. The molecule has 6 heteroatoms. The number of hydrogen-bond acceptors (Lipinski definition) is 3. The van der Waals surface area contributed by atoms with Gasteiger partial charge in [-0.25, -0.2) is 0 Å². The molecular formula is C9H10N4O2. The number of aromatic nitrogens is 3.